The first-order chi connectivity index (χ1) is 11.9. The van der Waals surface area contributed by atoms with Gasteiger partial charge in [0.2, 0.25) is 0 Å². The fraction of sp³-hybridized carbons (Fsp3) is 0.0588. The molecule has 0 heterocycles. The Labute approximate surface area is 147 Å². The standard InChI is InChI=1S/C17H13ClF2N2O3/c18-14-9-11(1-7-15(14)20)2-8-16(23)21-22-17(24)10-25-13-5-3-12(19)4-6-13/h1-9H,10H2,(H,21,23)(H,22,24)/b8-2+. The molecule has 2 aromatic rings. The van der Waals surface area contributed by atoms with E-state index in [1.165, 1.54) is 48.5 Å². The predicted molar refractivity (Wildman–Crippen MR) is 88.6 cm³/mol. The summed E-state index contributed by atoms with van der Waals surface area (Å²) >= 11 is 5.62. The third-order valence-corrected chi connectivity index (χ3v) is 3.17. The number of hydrazine groups is 1. The minimum absolute atomic E-state index is 0.0613. The first-order valence-electron chi connectivity index (χ1n) is 7.04. The molecule has 0 radical (unpaired) electrons. The Morgan fingerprint density at radius 3 is 2.48 bits per heavy atom. The van der Waals surface area contributed by atoms with Crippen LogP contribution in [-0.4, -0.2) is 18.4 Å². The zero-order valence-electron chi connectivity index (χ0n) is 12.8. The maximum atomic E-state index is 13.0. The van der Waals surface area contributed by atoms with Gasteiger partial charge in [0, 0.05) is 6.08 Å². The predicted octanol–water partition coefficient (Wildman–Crippen LogP) is 2.86. The van der Waals surface area contributed by atoms with E-state index in [2.05, 4.69) is 10.9 Å². The maximum absolute atomic E-state index is 13.0. The number of halogens is 3. The Hall–Kier alpha value is -2.93. The lowest BCUT2D eigenvalue weighted by atomic mass is 10.2. The summed E-state index contributed by atoms with van der Waals surface area (Å²) in [5.74, 6) is -1.86. The third kappa shape index (κ3) is 6.23. The highest BCUT2D eigenvalue weighted by Gasteiger charge is 2.04. The second-order valence-electron chi connectivity index (χ2n) is 4.79. The summed E-state index contributed by atoms with van der Waals surface area (Å²) in [6.07, 6.45) is 2.55. The van der Waals surface area contributed by atoms with Crippen LogP contribution >= 0.6 is 11.6 Å². The highest BCUT2D eigenvalue weighted by Crippen LogP contribution is 2.16. The molecule has 8 heteroatoms. The molecule has 0 saturated heterocycles. The van der Waals surface area contributed by atoms with Crippen molar-refractivity contribution in [3.8, 4) is 5.75 Å². The Morgan fingerprint density at radius 1 is 1.08 bits per heavy atom. The summed E-state index contributed by atoms with van der Waals surface area (Å²) < 4.78 is 30.8. The van der Waals surface area contributed by atoms with Gasteiger partial charge in [-0.3, -0.25) is 20.4 Å². The van der Waals surface area contributed by atoms with Crippen LogP contribution in [0.3, 0.4) is 0 Å². The zero-order chi connectivity index (χ0) is 18.2. The third-order valence-electron chi connectivity index (χ3n) is 2.88. The molecule has 0 fully saturated rings. The smallest absolute Gasteiger partial charge is 0.276 e. The lowest BCUT2D eigenvalue weighted by molar-refractivity contribution is -0.128. The maximum Gasteiger partial charge on any atom is 0.276 e. The van der Waals surface area contributed by atoms with Crippen molar-refractivity contribution >= 4 is 29.5 Å². The van der Waals surface area contributed by atoms with Gasteiger partial charge in [0.1, 0.15) is 17.4 Å². The largest absolute Gasteiger partial charge is 0.484 e. The van der Waals surface area contributed by atoms with Crippen molar-refractivity contribution in [1.29, 1.82) is 0 Å². The lowest BCUT2D eigenvalue weighted by Crippen LogP contribution is -2.43. The Kier molecular flexibility index (Phi) is 6.47. The van der Waals surface area contributed by atoms with Gasteiger partial charge < -0.3 is 4.74 Å². The van der Waals surface area contributed by atoms with Gasteiger partial charge in [-0.15, -0.1) is 0 Å². The number of amides is 2. The molecule has 2 amide bonds. The van der Waals surface area contributed by atoms with Gasteiger partial charge in [-0.25, -0.2) is 8.78 Å². The first-order valence-corrected chi connectivity index (χ1v) is 7.42. The molecule has 0 bridgehead atoms. The fourth-order valence-corrected chi connectivity index (χ4v) is 1.87. The topological polar surface area (TPSA) is 67.4 Å². The van der Waals surface area contributed by atoms with Crippen molar-refractivity contribution in [1.82, 2.24) is 10.9 Å². The van der Waals surface area contributed by atoms with Crippen LogP contribution in [0.1, 0.15) is 5.56 Å². The number of benzene rings is 2. The van der Waals surface area contributed by atoms with Crippen LogP contribution in [0.15, 0.2) is 48.5 Å². The van der Waals surface area contributed by atoms with Crippen molar-refractivity contribution in [2.45, 2.75) is 0 Å². The minimum atomic E-state index is -0.601. The van der Waals surface area contributed by atoms with E-state index in [0.29, 0.717) is 11.3 Å². The molecule has 0 aromatic heterocycles. The van der Waals surface area contributed by atoms with Crippen molar-refractivity contribution in [3.05, 3.63) is 70.8 Å². The van der Waals surface area contributed by atoms with Crippen LogP contribution in [-0.2, 0) is 9.59 Å². The number of rotatable bonds is 5. The van der Waals surface area contributed by atoms with E-state index < -0.39 is 23.4 Å². The van der Waals surface area contributed by atoms with Crippen molar-refractivity contribution < 1.29 is 23.1 Å². The summed E-state index contributed by atoms with van der Waals surface area (Å²) in [4.78, 5) is 23.1. The van der Waals surface area contributed by atoms with Gasteiger partial charge in [-0.05, 0) is 48.0 Å². The van der Waals surface area contributed by atoms with Crippen LogP contribution < -0.4 is 15.6 Å². The Balaban J connectivity index is 1.75. The van der Waals surface area contributed by atoms with Gasteiger partial charge >= 0.3 is 0 Å². The highest BCUT2D eigenvalue weighted by atomic mass is 35.5. The first kappa shape index (κ1) is 18.4. The van der Waals surface area contributed by atoms with Crippen molar-refractivity contribution in [2.75, 3.05) is 6.61 Å². The van der Waals surface area contributed by atoms with E-state index in [-0.39, 0.29) is 11.6 Å². The molecule has 0 spiro atoms. The number of ether oxygens (including phenoxy) is 1. The van der Waals surface area contributed by atoms with Crippen LogP contribution in [0, 0.1) is 11.6 Å². The number of hydrogen-bond donors (Lipinski definition) is 2. The number of carbonyl (C=O) groups excluding carboxylic acids is 2. The van der Waals surface area contributed by atoms with Crippen molar-refractivity contribution in [3.63, 3.8) is 0 Å². The summed E-state index contributed by atoms with van der Waals surface area (Å²) in [5, 5.41) is -0.0613. The molecule has 0 unspecified atom stereocenters. The van der Waals surface area contributed by atoms with Gasteiger partial charge in [0.25, 0.3) is 11.8 Å². The Bertz CT molecular complexity index is 795. The molecule has 25 heavy (non-hydrogen) atoms. The fourth-order valence-electron chi connectivity index (χ4n) is 1.68. The van der Waals surface area contributed by atoms with E-state index in [0.717, 1.165) is 6.08 Å². The van der Waals surface area contributed by atoms with E-state index in [4.69, 9.17) is 16.3 Å². The molecule has 0 saturated carbocycles. The Morgan fingerprint density at radius 2 is 1.80 bits per heavy atom. The quantitative estimate of drug-likeness (QED) is 0.631. The molecular weight excluding hydrogens is 354 g/mol. The second kappa shape index (κ2) is 8.79. The summed E-state index contributed by atoms with van der Waals surface area (Å²) in [7, 11) is 0. The molecule has 5 nitrogen and oxygen atoms in total. The van der Waals surface area contributed by atoms with Crippen molar-refractivity contribution in [2.24, 2.45) is 0 Å². The molecule has 0 aliphatic rings. The molecule has 0 atom stereocenters. The van der Waals surface area contributed by atoms with E-state index in [1.807, 2.05) is 0 Å². The number of hydrogen-bond acceptors (Lipinski definition) is 3. The van der Waals surface area contributed by atoms with Gasteiger partial charge in [0.05, 0.1) is 5.02 Å². The second-order valence-corrected chi connectivity index (χ2v) is 5.19. The summed E-state index contributed by atoms with van der Waals surface area (Å²) in [6.45, 7) is -0.358. The summed E-state index contributed by atoms with van der Waals surface area (Å²) in [6, 6.07) is 9.11. The van der Waals surface area contributed by atoms with Gasteiger partial charge in [-0.1, -0.05) is 17.7 Å². The molecule has 0 aliphatic heterocycles. The van der Waals surface area contributed by atoms with Crippen LogP contribution in [0.4, 0.5) is 8.78 Å². The van der Waals surface area contributed by atoms with E-state index in [1.54, 1.807) is 0 Å². The molecule has 130 valence electrons. The SMILES string of the molecule is O=C(/C=C/c1ccc(F)c(Cl)c1)NNC(=O)COc1ccc(F)cc1. The van der Waals surface area contributed by atoms with Crippen LogP contribution in [0.25, 0.3) is 6.08 Å². The highest BCUT2D eigenvalue weighted by molar-refractivity contribution is 6.30. The molecule has 2 rings (SSSR count). The van der Waals surface area contributed by atoms with Crippen LogP contribution in [0.2, 0.25) is 5.02 Å². The lowest BCUT2D eigenvalue weighted by Gasteiger charge is -2.07. The summed E-state index contributed by atoms with van der Waals surface area (Å²) in [5.41, 5.74) is 4.82. The minimum Gasteiger partial charge on any atom is -0.484 e. The van der Waals surface area contributed by atoms with E-state index >= 15 is 0 Å². The molecular formula is C17H13ClF2N2O3. The molecule has 2 N–H and O–H groups in total. The van der Waals surface area contributed by atoms with Gasteiger partial charge in [-0.2, -0.15) is 0 Å². The normalized spacial score (nSPS) is 10.5. The van der Waals surface area contributed by atoms with Gasteiger partial charge in [0.15, 0.2) is 6.61 Å². The number of nitrogens with one attached hydrogen (secondary N) is 2. The molecule has 0 aliphatic carbocycles. The number of carbonyl (C=O) groups is 2. The zero-order valence-corrected chi connectivity index (χ0v) is 13.5. The monoisotopic (exact) mass is 366 g/mol. The average molecular weight is 367 g/mol. The average Bonchev–Trinajstić information content (AvgIpc) is 2.60. The van der Waals surface area contributed by atoms with Crippen LogP contribution in [0.5, 0.6) is 5.75 Å². The van der Waals surface area contributed by atoms with E-state index in [9.17, 15) is 18.4 Å². The molecule has 2 aromatic carbocycles.